The Labute approximate surface area is 156 Å². The van der Waals surface area contributed by atoms with Crippen LogP contribution in [0.15, 0.2) is 50.6 Å². The fourth-order valence-corrected chi connectivity index (χ4v) is 4.46. The highest BCUT2D eigenvalue weighted by molar-refractivity contribution is 7.91. The van der Waals surface area contributed by atoms with Gasteiger partial charge in [-0.1, -0.05) is 6.07 Å². The predicted molar refractivity (Wildman–Crippen MR) is 97.3 cm³/mol. The van der Waals surface area contributed by atoms with Crippen molar-refractivity contribution in [3.8, 4) is 5.75 Å². The Morgan fingerprint density at radius 2 is 2.00 bits per heavy atom. The second kappa shape index (κ2) is 6.90. The second-order valence-corrected chi connectivity index (χ2v) is 7.84. The molecule has 3 aromatic rings. The summed E-state index contributed by atoms with van der Waals surface area (Å²) >= 11 is 0. The SMILES string of the molecule is COc1cc(S(=O)(=O)c2cccc(F)c2)cc2c3c(oc12)CCNC3.Cl. The molecule has 0 atom stereocenters. The summed E-state index contributed by atoms with van der Waals surface area (Å²) in [5.74, 6) is 0.591. The second-order valence-electron chi connectivity index (χ2n) is 5.89. The van der Waals surface area contributed by atoms with Crippen LogP contribution in [0.1, 0.15) is 11.3 Å². The maximum Gasteiger partial charge on any atom is 0.206 e. The fourth-order valence-electron chi connectivity index (χ4n) is 3.13. The minimum absolute atomic E-state index is 0. The van der Waals surface area contributed by atoms with E-state index in [2.05, 4.69) is 5.32 Å². The van der Waals surface area contributed by atoms with Crippen LogP contribution >= 0.6 is 12.4 Å². The van der Waals surface area contributed by atoms with Crippen molar-refractivity contribution in [1.82, 2.24) is 5.32 Å². The number of halogens is 2. The first-order valence-electron chi connectivity index (χ1n) is 7.84. The van der Waals surface area contributed by atoms with Gasteiger partial charge in [0.2, 0.25) is 9.84 Å². The molecule has 0 spiro atoms. The first-order chi connectivity index (χ1) is 12.0. The van der Waals surface area contributed by atoms with Crippen molar-refractivity contribution in [2.45, 2.75) is 22.8 Å². The van der Waals surface area contributed by atoms with Gasteiger partial charge in [-0.05, 0) is 24.3 Å². The van der Waals surface area contributed by atoms with Gasteiger partial charge in [-0.15, -0.1) is 12.4 Å². The van der Waals surface area contributed by atoms with Crippen LogP contribution in [-0.4, -0.2) is 22.1 Å². The average molecular weight is 398 g/mol. The third kappa shape index (κ3) is 2.96. The van der Waals surface area contributed by atoms with Gasteiger partial charge >= 0.3 is 0 Å². The summed E-state index contributed by atoms with van der Waals surface area (Å²) in [6, 6.07) is 7.97. The third-order valence-electron chi connectivity index (χ3n) is 4.38. The van der Waals surface area contributed by atoms with E-state index in [-0.39, 0.29) is 22.2 Å². The van der Waals surface area contributed by atoms with E-state index in [1.807, 2.05) is 0 Å². The molecule has 0 radical (unpaired) electrons. The zero-order valence-corrected chi connectivity index (χ0v) is 15.5. The number of nitrogens with one attached hydrogen (secondary N) is 1. The topological polar surface area (TPSA) is 68.5 Å². The molecule has 1 aliphatic heterocycles. The molecule has 0 saturated carbocycles. The van der Waals surface area contributed by atoms with Crippen molar-refractivity contribution in [2.75, 3.05) is 13.7 Å². The Morgan fingerprint density at radius 1 is 1.19 bits per heavy atom. The zero-order chi connectivity index (χ0) is 17.6. The highest BCUT2D eigenvalue weighted by Gasteiger charge is 2.25. The highest BCUT2D eigenvalue weighted by atomic mass is 35.5. The number of furan rings is 1. The lowest BCUT2D eigenvalue weighted by atomic mass is 10.1. The van der Waals surface area contributed by atoms with E-state index < -0.39 is 15.7 Å². The number of methoxy groups -OCH3 is 1. The minimum Gasteiger partial charge on any atom is -0.493 e. The molecule has 2 aromatic carbocycles. The largest absolute Gasteiger partial charge is 0.493 e. The average Bonchev–Trinajstić information content (AvgIpc) is 2.99. The molecule has 1 N–H and O–H groups in total. The monoisotopic (exact) mass is 397 g/mol. The van der Waals surface area contributed by atoms with Crippen molar-refractivity contribution in [2.24, 2.45) is 0 Å². The summed E-state index contributed by atoms with van der Waals surface area (Å²) in [4.78, 5) is -0.0407. The lowest BCUT2D eigenvalue weighted by Crippen LogP contribution is -2.22. The molecule has 1 aromatic heterocycles. The van der Waals surface area contributed by atoms with Crippen LogP contribution in [0.5, 0.6) is 5.75 Å². The van der Waals surface area contributed by atoms with E-state index in [1.165, 1.54) is 31.4 Å². The Morgan fingerprint density at radius 3 is 2.73 bits per heavy atom. The van der Waals surface area contributed by atoms with E-state index in [0.29, 0.717) is 23.3 Å². The summed E-state index contributed by atoms with van der Waals surface area (Å²) in [5.41, 5.74) is 1.48. The molecule has 1 aliphatic rings. The Bertz CT molecular complexity index is 1080. The van der Waals surface area contributed by atoms with E-state index in [4.69, 9.17) is 9.15 Å². The van der Waals surface area contributed by atoms with Gasteiger partial charge < -0.3 is 14.5 Å². The molecule has 8 heteroatoms. The standard InChI is InChI=1S/C18H16FNO4S.ClH/c1-23-17-9-13(25(21,22)12-4-2-3-11(19)7-12)8-14-15-10-20-6-5-16(15)24-18(14)17;/h2-4,7-9,20H,5-6,10H2,1H3;1H. The first kappa shape index (κ1) is 18.7. The summed E-state index contributed by atoms with van der Waals surface area (Å²) in [6.45, 7) is 1.42. The minimum atomic E-state index is -3.87. The van der Waals surface area contributed by atoms with Crippen LogP contribution in [0.2, 0.25) is 0 Å². The Balaban J connectivity index is 0.00000196. The molecule has 0 fully saturated rings. The van der Waals surface area contributed by atoms with Crippen LogP contribution in [0.3, 0.4) is 0 Å². The van der Waals surface area contributed by atoms with Gasteiger partial charge in [0.25, 0.3) is 0 Å². The molecule has 0 saturated heterocycles. The molecular formula is C18H17ClFNO4S. The van der Waals surface area contributed by atoms with Crippen molar-refractivity contribution < 1.29 is 22.0 Å². The number of sulfone groups is 1. The summed E-state index contributed by atoms with van der Waals surface area (Å²) in [6.07, 6.45) is 0.735. The summed E-state index contributed by atoms with van der Waals surface area (Å²) in [7, 11) is -2.41. The van der Waals surface area contributed by atoms with Crippen LogP contribution in [-0.2, 0) is 22.8 Å². The molecule has 26 heavy (non-hydrogen) atoms. The maximum atomic E-state index is 13.5. The number of ether oxygens (including phenoxy) is 1. The summed E-state index contributed by atoms with van der Waals surface area (Å²) < 4.78 is 50.5. The smallest absolute Gasteiger partial charge is 0.206 e. The highest BCUT2D eigenvalue weighted by Crippen LogP contribution is 2.37. The lowest BCUT2D eigenvalue weighted by Gasteiger charge is -2.11. The Kier molecular flexibility index (Phi) is 4.96. The molecule has 5 nitrogen and oxygen atoms in total. The van der Waals surface area contributed by atoms with E-state index >= 15 is 0 Å². The summed E-state index contributed by atoms with van der Waals surface area (Å²) in [5, 5.41) is 3.96. The third-order valence-corrected chi connectivity index (χ3v) is 6.11. The van der Waals surface area contributed by atoms with E-state index in [0.717, 1.165) is 30.4 Å². The number of rotatable bonds is 3. The quantitative estimate of drug-likeness (QED) is 0.732. The lowest BCUT2D eigenvalue weighted by molar-refractivity contribution is 0.404. The van der Waals surface area contributed by atoms with Gasteiger partial charge in [-0.25, -0.2) is 12.8 Å². The van der Waals surface area contributed by atoms with Crippen LogP contribution < -0.4 is 10.1 Å². The molecule has 138 valence electrons. The molecule has 2 heterocycles. The van der Waals surface area contributed by atoms with Crippen molar-refractivity contribution in [3.63, 3.8) is 0 Å². The van der Waals surface area contributed by atoms with Gasteiger partial charge in [0.05, 0.1) is 16.9 Å². The molecule has 0 aliphatic carbocycles. The molecule has 4 rings (SSSR count). The van der Waals surface area contributed by atoms with Gasteiger partial charge in [-0.2, -0.15) is 0 Å². The number of hydrogen-bond donors (Lipinski definition) is 1. The van der Waals surface area contributed by atoms with E-state index in [9.17, 15) is 12.8 Å². The van der Waals surface area contributed by atoms with Crippen LogP contribution in [0, 0.1) is 5.82 Å². The maximum absolute atomic E-state index is 13.5. The van der Waals surface area contributed by atoms with Crippen molar-refractivity contribution in [3.05, 3.63) is 53.5 Å². The number of benzene rings is 2. The van der Waals surface area contributed by atoms with Gasteiger partial charge in [0.15, 0.2) is 11.3 Å². The van der Waals surface area contributed by atoms with Crippen LogP contribution in [0.4, 0.5) is 4.39 Å². The van der Waals surface area contributed by atoms with Crippen molar-refractivity contribution in [1.29, 1.82) is 0 Å². The predicted octanol–water partition coefficient (Wildman–Crippen LogP) is 3.48. The molecule has 0 bridgehead atoms. The normalized spacial score (nSPS) is 13.9. The molecule has 0 unspecified atom stereocenters. The first-order valence-corrected chi connectivity index (χ1v) is 9.32. The molecular weight excluding hydrogens is 381 g/mol. The van der Waals surface area contributed by atoms with Gasteiger partial charge in [-0.3, -0.25) is 0 Å². The van der Waals surface area contributed by atoms with Gasteiger partial charge in [0, 0.05) is 36.5 Å². The van der Waals surface area contributed by atoms with E-state index in [1.54, 1.807) is 6.07 Å². The van der Waals surface area contributed by atoms with Crippen LogP contribution in [0.25, 0.3) is 11.0 Å². The zero-order valence-electron chi connectivity index (χ0n) is 13.9. The number of hydrogen-bond acceptors (Lipinski definition) is 5. The number of fused-ring (bicyclic) bond motifs is 3. The van der Waals surface area contributed by atoms with Gasteiger partial charge in [0.1, 0.15) is 11.6 Å². The molecule has 0 amide bonds. The Hall–Kier alpha value is -2.09. The fraction of sp³-hybridized carbons (Fsp3) is 0.222. The van der Waals surface area contributed by atoms with Crippen molar-refractivity contribution >= 4 is 33.2 Å².